The summed E-state index contributed by atoms with van der Waals surface area (Å²) in [6.45, 7) is 4.01. The summed E-state index contributed by atoms with van der Waals surface area (Å²) in [5.41, 5.74) is 3.07. The van der Waals surface area contributed by atoms with Crippen molar-refractivity contribution < 1.29 is 4.79 Å². The Hall–Kier alpha value is -1.89. The van der Waals surface area contributed by atoms with Gasteiger partial charge >= 0.3 is 0 Å². The van der Waals surface area contributed by atoms with Crippen molar-refractivity contribution in [1.29, 1.82) is 0 Å². The molecule has 0 saturated heterocycles. The molecule has 0 saturated carbocycles. The van der Waals surface area contributed by atoms with E-state index in [-0.39, 0.29) is 11.7 Å². The van der Waals surface area contributed by atoms with Gasteiger partial charge in [-0.25, -0.2) is 0 Å². The smallest absolute Gasteiger partial charge is 0.170 e. The number of ketones is 1. The van der Waals surface area contributed by atoms with Crippen LogP contribution in [0.5, 0.6) is 0 Å². The molecule has 0 heterocycles. The van der Waals surface area contributed by atoms with Crippen LogP contribution in [-0.2, 0) is 0 Å². The van der Waals surface area contributed by atoms with Crippen molar-refractivity contribution in [3.8, 4) is 0 Å². The zero-order valence-electron chi connectivity index (χ0n) is 10.2. The molecule has 1 unspecified atom stereocenters. The highest BCUT2D eigenvalue weighted by molar-refractivity contribution is 6.00. The molecule has 0 spiro atoms. The Kier molecular flexibility index (Phi) is 3.38. The Morgan fingerprint density at radius 2 is 1.53 bits per heavy atom. The lowest BCUT2D eigenvalue weighted by Crippen LogP contribution is -2.09. The van der Waals surface area contributed by atoms with Gasteiger partial charge in [0.2, 0.25) is 0 Å². The van der Waals surface area contributed by atoms with Crippen LogP contribution >= 0.6 is 0 Å². The summed E-state index contributed by atoms with van der Waals surface area (Å²) in [6, 6.07) is 17.6. The molecule has 0 aliphatic rings. The SMILES string of the molecule is Cc1ccc(C(C)C(=O)c2ccccc2)cc1. The summed E-state index contributed by atoms with van der Waals surface area (Å²) in [5.74, 6) is 0.0902. The molecular formula is C16H16O. The van der Waals surface area contributed by atoms with Crippen LogP contribution < -0.4 is 0 Å². The molecule has 0 N–H and O–H groups in total. The second-order valence-electron chi connectivity index (χ2n) is 4.36. The van der Waals surface area contributed by atoms with E-state index in [1.165, 1.54) is 5.56 Å². The first-order valence-electron chi connectivity index (χ1n) is 5.84. The van der Waals surface area contributed by atoms with Gasteiger partial charge in [0, 0.05) is 11.5 Å². The Bertz CT molecular complexity index is 497. The Balaban J connectivity index is 2.23. The number of hydrogen-bond acceptors (Lipinski definition) is 1. The van der Waals surface area contributed by atoms with Crippen LogP contribution in [0.4, 0.5) is 0 Å². The minimum absolute atomic E-state index is 0.0852. The number of benzene rings is 2. The molecule has 17 heavy (non-hydrogen) atoms. The molecule has 2 aromatic rings. The summed E-state index contributed by atoms with van der Waals surface area (Å²) < 4.78 is 0. The lowest BCUT2D eigenvalue weighted by atomic mass is 9.92. The van der Waals surface area contributed by atoms with Crippen molar-refractivity contribution in [2.24, 2.45) is 0 Å². The number of carbonyl (C=O) groups is 1. The van der Waals surface area contributed by atoms with E-state index in [1.807, 2.05) is 68.4 Å². The number of rotatable bonds is 3. The molecule has 1 nitrogen and oxygen atoms in total. The van der Waals surface area contributed by atoms with E-state index in [4.69, 9.17) is 0 Å². The van der Waals surface area contributed by atoms with Crippen molar-refractivity contribution in [3.63, 3.8) is 0 Å². The Labute approximate surface area is 102 Å². The monoisotopic (exact) mass is 224 g/mol. The highest BCUT2D eigenvalue weighted by Gasteiger charge is 2.16. The van der Waals surface area contributed by atoms with Crippen molar-refractivity contribution in [2.45, 2.75) is 19.8 Å². The maximum atomic E-state index is 12.2. The zero-order valence-corrected chi connectivity index (χ0v) is 10.2. The first kappa shape index (κ1) is 11.6. The fourth-order valence-corrected chi connectivity index (χ4v) is 1.86. The predicted molar refractivity (Wildman–Crippen MR) is 70.4 cm³/mol. The lowest BCUT2D eigenvalue weighted by Gasteiger charge is -2.11. The van der Waals surface area contributed by atoms with Crippen molar-refractivity contribution in [1.82, 2.24) is 0 Å². The largest absolute Gasteiger partial charge is 0.294 e. The number of carbonyl (C=O) groups excluding carboxylic acids is 1. The van der Waals surface area contributed by atoms with Crippen LogP contribution in [0.1, 0.15) is 34.3 Å². The van der Waals surface area contributed by atoms with Gasteiger partial charge in [0.1, 0.15) is 0 Å². The molecule has 0 fully saturated rings. The highest BCUT2D eigenvalue weighted by Crippen LogP contribution is 2.20. The first-order valence-corrected chi connectivity index (χ1v) is 5.84. The number of Topliss-reactive ketones (excluding diaryl/α,β-unsaturated/α-hetero) is 1. The van der Waals surface area contributed by atoms with Gasteiger partial charge < -0.3 is 0 Å². The van der Waals surface area contributed by atoms with Crippen molar-refractivity contribution >= 4 is 5.78 Å². The predicted octanol–water partition coefficient (Wildman–Crippen LogP) is 3.98. The second kappa shape index (κ2) is 4.96. The van der Waals surface area contributed by atoms with Gasteiger partial charge in [-0.1, -0.05) is 67.1 Å². The second-order valence-corrected chi connectivity index (χ2v) is 4.36. The van der Waals surface area contributed by atoms with Crippen molar-refractivity contribution in [2.75, 3.05) is 0 Å². The minimum Gasteiger partial charge on any atom is -0.294 e. The van der Waals surface area contributed by atoms with E-state index < -0.39 is 0 Å². The van der Waals surface area contributed by atoms with E-state index in [1.54, 1.807) is 0 Å². The molecule has 86 valence electrons. The van der Waals surface area contributed by atoms with Crippen LogP contribution in [0, 0.1) is 6.92 Å². The molecule has 1 atom stereocenters. The summed E-state index contributed by atoms with van der Waals surface area (Å²) in [5, 5.41) is 0. The van der Waals surface area contributed by atoms with Gasteiger partial charge in [-0.2, -0.15) is 0 Å². The van der Waals surface area contributed by atoms with E-state index >= 15 is 0 Å². The summed E-state index contributed by atoms with van der Waals surface area (Å²) in [6.07, 6.45) is 0. The Morgan fingerprint density at radius 3 is 2.12 bits per heavy atom. The summed E-state index contributed by atoms with van der Waals surface area (Å²) in [4.78, 5) is 12.2. The number of aryl methyl sites for hydroxylation is 1. The molecule has 0 aliphatic heterocycles. The van der Waals surface area contributed by atoms with E-state index in [0.29, 0.717) is 0 Å². The molecule has 0 aliphatic carbocycles. The van der Waals surface area contributed by atoms with Crippen LogP contribution in [0.25, 0.3) is 0 Å². The third-order valence-corrected chi connectivity index (χ3v) is 3.03. The van der Waals surface area contributed by atoms with Gasteiger partial charge in [0.05, 0.1) is 0 Å². The normalized spacial score (nSPS) is 12.1. The third-order valence-electron chi connectivity index (χ3n) is 3.03. The van der Waals surface area contributed by atoms with Gasteiger partial charge in [-0.05, 0) is 12.5 Å². The molecule has 0 radical (unpaired) electrons. The van der Waals surface area contributed by atoms with E-state index in [0.717, 1.165) is 11.1 Å². The summed E-state index contributed by atoms with van der Waals surface area (Å²) >= 11 is 0. The van der Waals surface area contributed by atoms with Crippen LogP contribution in [0.2, 0.25) is 0 Å². The standard InChI is InChI=1S/C16H16O/c1-12-8-10-14(11-9-12)13(2)16(17)15-6-4-3-5-7-15/h3-11,13H,1-2H3. The van der Waals surface area contributed by atoms with Crippen LogP contribution in [-0.4, -0.2) is 5.78 Å². The molecule has 0 bridgehead atoms. The van der Waals surface area contributed by atoms with Gasteiger partial charge in [0.25, 0.3) is 0 Å². The zero-order chi connectivity index (χ0) is 12.3. The van der Waals surface area contributed by atoms with Gasteiger partial charge in [-0.3, -0.25) is 4.79 Å². The molecule has 2 aromatic carbocycles. The van der Waals surface area contributed by atoms with E-state index in [2.05, 4.69) is 0 Å². The number of hydrogen-bond donors (Lipinski definition) is 0. The average molecular weight is 224 g/mol. The minimum atomic E-state index is -0.0852. The highest BCUT2D eigenvalue weighted by atomic mass is 16.1. The van der Waals surface area contributed by atoms with E-state index in [9.17, 15) is 4.79 Å². The van der Waals surface area contributed by atoms with Gasteiger partial charge in [0.15, 0.2) is 5.78 Å². The molecule has 1 heteroatoms. The van der Waals surface area contributed by atoms with Crippen molar-refractivity contribution in [3.05, 3.63) is 71.3 Å². The van der Waals surface area contributed by atoms with Crippen LogP contribution in [0.3, 0.4) is 0 Å². The average Bonchev–Trinajstić information content (AvgIpc) is 2.39. The third kappa shape index (κ3) is 2.62. The molecule has 0 aromatic heterocycles. The molecule has 2 rings (SSSR count). The lowest BCUT2D eigenvalue weighted by molar-refractivity contribution is 0.0966. The Morgan fingerprint density at radius 1 is 0.941 bits per heavy atom. The topological polar surface area (TPSA) is 17.1 Å². The summed E-state index contributed by atoms with van der Waals surface area (Å²) in [7, 11) is 0. The van der Waals surface area contributed by atoms with Crippen LogP contribution in [0.15, 0.2) is 54.6 Å². The maximum Gasteiger partial charge on any atom is 0.170 e. The quantitative estimate of drug-likeness (QED) is 0.721. The fraction of sp³-hybridized carbons (Fsp3) is 0.188. The molecular weight excluding hydrogens is 208 g/mol. The molecule has 0 amide bonds. The fourth-order valence-electron chi connectivity index (χ4n) is 1.86. The maximum absolute atomic E-state index is 12.2. The van der Waals surface area contributed by atoms with Gasteiger partial charge in [-0.15, -0.1) is 0 Å². The first-order chi connectivity index (χ1) is 8.18.